The first kappa shape index (κ1) is 12.9. The van der Waals surface area contributed by atoms with Crippen LogP contribution in [0.2, 0.25) is 0 Å². The SMILES string of the molecule is CC(O)c1ccnc(N2CCOC3CCCCC32)c1. The molecule has 1 aromatic heterocycles. The number of hydrogen-bond acceptors (Lipinski definition) is 4. The minimum Gasteiger partial charge on any atom is -0.389 e. The molecule has 1 aliphatic heterocycles. The Kier molecular flexibility index (Phi) is 3.71. The van der Waals surface area contributed by atoms with Crippen molar-refractivity contribution in [3.05, 3.63) is 23.9 Å². The van der Waals surface area contributed by atoms with E-state index in [2.05, 4.69) is 9.88 Å². The van der Waals surface area contributed by atoms with Gasteiger partial charge in [0, 0.05) is 12.7 Å². The first-order valence-electron chi connectivity index (χ1n) is 7.28. The van der Waals surface area contributed by atoms with Gasteiger partial charge in [-0.1, -0.05) is 12.8 Å². The van der Waals surface area contributed by atoms with Crippen LogP contribution in [-0.4, -0.2) is 35.4 Å². The highest BCUT2D eigenvalue weighted by atomic mass is 16.5. The topological polar surface area (TPSA) is 45.6 Å². The third kappa shape index (κ3) is 2.60. The largest absolute Gasteiger partial charge is 0.389 e. The van der Waals surface area contributed by atoms with Crippen LogP contribution in [0.4, 0.5) is 5.82 Å². The first-order chi connectivity index (χ1) is 9.25. The third-order valence-corrected chi connectivity index (χ3v) is 4.28. The van der Waals surface area contributed by atoms with E-state index in [-0.39, 0.29) is 0 Å². The molecule has 0 aromatic carbocycles. The van der Waals surface area contributed by atoms with Crippen LogP contribution in [0.15, 0.2) is 18.3 Å². The second kappa shape index (κ2) is 5.47. The fraction of sp³-hybridized carbons (Fsp3) is 0.667. The standard InChI is InChI=1S/C15H22N2O2/c1-11(18)12-6-7-16-15(10-12)17-8-9-19-14-5-3-2-4-13(14)17/h6-7,10-11,13-14,18H,2-5,8-9H2,1H3. The van der Waals surface area contributed by atoms with Crippen molar-refractivity contribution in [1.29, 1.82) is 0 Å². The van der Waals surface area contributed by atoms with E-state index in [1.807, 2.05) is 12.1 Å². The Labute approximate surface area is 114 Å². The van der Waals surface area contributed by atoms with Crippen LogP contribution in [0.1, 0.15) is 44.3 Å². The lowest BCUT2D eigenvalue weighted by Gasteiger charge is -2.44. The fourth-order valence-electron chi connectivity index (χ4n) is 3.23. The zero-order chi connectivity index (χ0) is 13.2. The average Bonchev–Trinajstić information content (AvgIpc) is 2.47. The lowest BCUT2D eigenvalue weighted by Crippen LogP contribution is -2.53. The molecule has 2 aliphatic rings. The van der Waals surface area contributed by atoms with E-state index in [1.54, 1.807) is 13.1 Å². The van der Waals surface area contributed by atoms with Gasteiger partial charge >= 0.3 is 0 Å². The summed E-state index contributed by atoms with van der Waals surface area (Å²) in [7, 11) is 0. The molecule has 19 heavy (non-hydrogen) atoms. The summed E-state index contributed by atoms with van der Waals surface area (Å²) >= 11 is 0. The van der Waals surface area contributed by atoms with Crippen LogP contribution in [0.25, 0.3) is 0 Å². The van der Waals surface area contributed by atoms with Crippen molar-refractivity contribution < 1.29 is 9.84 Å². The Balaban J connectivity index is 1.85. The van der Waals surface area contributed by atoms with E-state index < -0.39 is 6.10 Å². The number of aliphatic hydroxyl groups is 1. The van der Waals surface area contributed by atoms with Gasteiger partial charge in [-0.25, -0.2) is 4.98 Å². The van der Waals surface area contributed by atoms with Gasteiger partial charge in [0.15, 0.2) is 0 Å². The van der Waals surface area contributed by atoms with Gasteiger partial charge in [-0.05, 0) is 37.5 Å². The summed E-state index contributed by atoms with van der Waals surface area (Å²) in [5.41, 5.74) is 0.934. The van der Waals surface area contributed by atoms with Crippen molar-refractivity contribution >= 4 is 5.82 Å². The maximum absolute atomic E-state index is 9.71. The minimum absolute atomic E-state index is 0.361. The molecule has 1 saturated heterocycles. The molecular weight excluding hydrogens is 240 g/mol. The van der Waals surface area contributed by atoms with Crippen LogP contribution < -0.4 is 4.90 Å². The van der Waals surface area contributed by atoms with Gasteiger partial charge in [0.25, 0.3) is 0 Å². The van der Waals surface area contributed by atoms with Crippen molar-refractivity contribution in [3.63, 3.8) is 0 Å². The highest BCUT2D eigenvalue weighted by molar-refractivity contribution is 5.43. The maximum atomic E-state index is 9.71. The van der Waals surface area contributed by atoms with Crippen molar-refractivity contribution in [3.8, 4) is 0 Å². The number of hydrogen-bond donors (Lipinski definition) is 1. The molecule has 4 heteroatoms. The van der Waals surface area contributed by atoms with Gasteiger partial charge in [-0.3, -0.25) is 0 Å². The van der Waals surface area contributed by atoms with Crippen molar-refractivity contribution in [1.82, 2.24) is 4.98 Å². The summed E-state index contributed by atoms with van der Waals surface area (Å²) in [6, 6.07) is 4.36. The van der Waals surface area contributed by atoms with E-state index in [9.17, 15) is 5.11 Å². The number of rotatable bonds is 2. The van der Waals surface area contributed by atoms with E-state index in [4.69, 9.17) is 4.74 Å². The second-order valence-electron chi connectivity index (χ2n) is 5.58. The summed E-state index contributed by atoms with van der Waals surface area (Å²) in [5, 5.41) is 9.71. The average molecular weight is 262 g/mol. The van der Waals surface area contributed by atoms with E-state index in [1.165, 1.54) is 19.3 Å². The Morgan fingerprint density at radius 2 is 2.26 bits per heavy atom. The van der Waals surface area contributed by atoms with E-state index in [0.29, 0.717) is 12.1 Å². The van der Waals surface area contributed by atoms with Crippen LogP contribution in [-0.2, 0) is 4.74 Å². The molecule has 2 heterocycles. The highest BCUT2D eigenvalue weighted by Gasteiger charge is 2.34. The molecule has 104 valence electrons. The molecule has 1 aromatic rings. The number of anilines is 1. The summed E-state index contributed by atoms with van der Waals surface area (Å²) < 4.78 is 5.89. The van der Waals surface area contributed by atoms with Crippen LogP contribution in [0, 0.1) is 0 Å². The summed E-state index contributed by atoms with van der Waals surface area (Å²) in [4.78, 5) is 6.87. The fourth-order valence-corrected chi connectivity index (χ4v) is 3.23. The molecule has 1 N–H and O–H groups in total. The number of ether oxygens (including phenoxy) is 1. The smallest absolute Gasteiger partial charge is 0.129 e. The first-order valence-corrected chi connectivity index (χ1v) is 7.28. The molecule has 0 amide bonds. The number of aliphatic hydroxyl groups excluding tert-OH is 1. The number of fused-ring (bicyclic) bond motifs is 1. The molecule has 0 spiro atoms. The summed E-state index contributed by atoms with van der Waals surface area (Å²) in [6.45, 7) is 3.47. The summed E-state index contributed by atoms with van der Waals surface area (Å²) in [6.07, 6.45) is 6.62. The Bertz CT molecular complexity index is 434. The monoisotopic (exact) mass is 262 g/mol. The molecule has 3 atom stereocenters. The van der Waals surface area contributed by atoms with Gasteiger partial charge in [0.2, 0.25) is 0 Å². The lowest BCUT2D eigenvalue weighted by molar-refractivity contribution is -0.00900. The number of aromatic nitrogens is 1. The van der Waals surface area contributed by atoms with Crippen LogP contribution in [0.3, 0.4) is 0 Å². The normalized spacial score (nSPS) is 28.8. The molecule has 2 fully saturated rings. The number of nitrogens with zero attached hydrogens (tertiary/aromatic N) is 2. The molecule has 3 rings (SSSR count). The van der Waals surface area contributed by atoms with Gasteiger partial charge in [0.1, 0.15) is 5.82 Å². The Hall–Kier alpha value is -1.13. The number of morpholine rings is 1. The van der Waals surface area contributed by atoms with Crippen LogP contribution in [0.5, 0.6) is 0 Å². The Morgan fingerprint density at radius 1 is 1.42 bits per heavy atom. The zero-order valence-electron chi connectivity index (χ0n) is 11.5. The van der Waals surface area contributed by atoms with Gasteiger partial charge in [-0.2, -0.15) is 0 Å². The lowest BCUT2D eigenvalue weighted by atomic mass is 9.90. The molecule has 0 radical (unpaired) electrons. The molecular formula is C15H22N2O2. The predicted molar refractivity (Wildman–Crippen MR) is 74.2 cm³/mol. The third-order valence-electron chi connectivity index (χ3n) is 4.28. The van der Waals surface area contributed by atoms with E-state index in [0.717, 1.165) is 31.0 Å². The molecule has 1 aliphatic carbocycles. The zero-order valence-corrected chi connectivity index (χ0v) is 11.5. The quantitative estimate of drug-likeness (QED) is 0.888. The van der Waals surface area contributed by atoms with Gasteiger partial charge in [0.05, 0.1) is 24.9 Å². The maximum Gasteiger partial charge on any atom is 0.129 e. The van der Waals surface area contributed by atoms with Gasteiger partial charge in [-0.15, -0.1) is 0 Å². The predicted octanol–water partition coefficient (Wildman–Crippen LogP) is 2.28. The van der Waals surface area contributed by atoms with Crippen molar-refractivity contribution in [2.24, 2.45) is 0 Å². The molecule has 0 bridgehead atoms. The minimum atomic E-state index is -0.440. The van der Waals surface area contributed by atoms with E-state index >= 15 is 0 Å². The van der Waals surface area contributed by atoms with Gasteiger partial charge < -0.3 is 14.7 Å². The van der Waals surface area contributed by atoms with Crippen LogP contribution >= 0.6 is 0 Å². The molecule has 1 saturated carbocycles. The highest BCUT2D eigenvalue weighted by Crippen LogP contribution is 2.31. The number of pyridine rings is 1. The summed E-state index contributed by atoms with van der Waals surface area (Å²) in [5.74, 6) is 0.985. The second-order valence-corrected chi connectivity index (χ2v) is 5.58. The molecule has 4 nitrogen and oxygen atoms in total. The van der Waals surface area contributed by atoms with Crippen molar-refractivity contribution in [2.45, 2.75) is 50.9 Å². The Morgan fingerprint density at radius 3 is 3.11 bits per heavy atom. The molecule has 3 unspecified atom stereocenters. The van der Waals surface area contributed by atoms with Crippen molar-refractivity contribution in [2.75, 3.05) is 18.1 Å².